The maximum absolute atomic E-state index is 12.4. The monoisotopic (exact) mass is 710 g/mol. The SMILES string of the molecule is O=C(O)CCCCCCC(=O)NCc1cccc(-c2cccc(C3OC(CSc4nc5ccccc5s4)CC(c4ccc(CO)cc4)O3)c2)c1. The number of unbranched alkanes of at least 4 members (excludes halogenated alkanes) is 3. The van der Waals surface area contributed by atoms with Crippen molar-refractivity contribution in [3.63, 3.8) is 0 Å². The lowest BCUT2D eigenvalue weighted by Gasteiger charge is -2.36. The number of nitrogens with one attached hydrogen (secondary N) is 1. The molecule has 6 rings (SSSR count). The topological polar surface area (TPSA) is 118 Å². The molecule has 2 heterocycles. The number of hydrogen-bond donors (Lipinski definition) is 3. The van der Waals surface area contributed by atoms with Crippen LogP contribution in [0.3, 0.4) is 0 Å². The number of carbonyl (C=O) groups is 2. The summed E-state index contributed by atoms with van der Waals surface area (Å²) in [4.78, 5) is 27.9. The number of hydrogen-bond acceptors (Lipinski definition) is 8. The molecule has 50 heavy (non-hydrogen) atoms. The molecule has 1 aliphatic rings. The van der Waals surface area contributed by atoms with Crippen LogP contribution in [-0.4, -0.2) is 38.9 Å². The van der Waals surface area contributed by atoms with E-state index >= 15 is 0 Å². The fourth-order valence-electron chi connectivity index (χ4n) is 6.03. The Balaban J connectivity index is 1.11. The van der Waals surface area contributed by atoms with Crippen LogP contribution >= 0.6 is 23.1 Å². The lowest BCUT2D eigenvalue weighted by atomic mass is 9.99. The molecule has 5 aromatic rings. The number of rotatable bonds is 16. The number of aliphatic hydroxyl groups is 1. The van der Waals surface area contributed by atoms with E-state index in [4.69, 9.17) is 19.6 Å². The summed E-state index contributed by atoms with van der Waals surface area (Å²) in [5, 5.41) is 21.4. The Morgan fingerprint density at radius 1 is 0.820 bits per heavy atom. The zero-order valence-electron chi connectivity index (χ0n) is 27.8. The van der Waals surface area contributed by atoms with E-state index in [9.17, 15) is 14.7 Å². The molecule has 0 spiro atoms. The number of aliphatic carboxylic acids is 1. The normalized spacial score (nSPS) is 17.5. The van der Waals surface area contributed by atoms with E-state index in [0.29, 0.717) is 25.8 Å². The highest BCUT2D eigenvalue weighted by Gasteiger charge is 2.32. The molecule has 0 radical (unpaired) electrons. The minimum atomic E-state index is -0.775. The second-order valence-electron chi connectivity index (χ2n) is 12.5. The summed E-state index contributed by atoms with van der Waals surface area (Å²) < 4.78 is 15.4. The third-order valence-corrected chi connectivity index (χ3v) is 11.0. The Kier molecular flexibility index (Phi) is 12.7. The number of nitrogens with zero attached hydrogens (tertiary/aromatic N) is 1. The quantitative estimate of drug-likeness (QED) is 0.0687. The number of carbonyl (C=O) groups excluding carboxylic acids is 1. The first-order chi connectivity index (χ1) is 24.4. The summed E-state index contributed by atoms with van der Waals surface area (Å²) in [6, 6.07) is 32.5. The van der Waals surface area contributed by atoms with Gasteiger partial charge >= 0.3 is 5.97 Å². The lowest BCUT2D eigenvalue weighted by molar-refractivity contribution is -0.245. The number of thioether (sulfide) groups is 1. The van der Waals surface area contributed by atoms with E-state index in [1.165, 1.54) is 4.70 Å². The molecule has 8 nitrogen and oxygen atoms in total. The highest BCUT2D eigenvalue weighted by molar-refractivity contribution is 8.01. The average Bonchev–Trinajstić information content (AvgIpc) is 3.58. The van der Waals surface area contributed by atoms with Gasteiger partial charge in [0.15, 0.2) is 10.6 Å². The van der Waals surface area contributed by atoms with Gasteiger partial charge in [-0.15, -0.1) is 11.3 Å². The Bertz CT molecular complexity index is 1840. The fraction of sp³-hybridized carbons (Fsp3) is 0.325. The number of amides is 1. The van der Waals surface area contributed by atoms with Crippen LogP contribution in [0.4, 0.5) is 0 Å². The number of para-hydroxylation sites is 1. The number of carboxylic acids is 1. The van der Waals surface area contributed by atoms with Crippen molar-refractivity contribution >= 4 is 45.2 Å². The van der Waals surface area contributed by atoms with E-state index < -0.39 is 12.3 Å². The van der Waals surface area contributed by atoms with Crippen LogP contribution in [0, 0.1) is 0 Å². The summed E-state index contributed by atoms with van der Waals surface area (Å²) in [7, 11) is 0. The number of benzene rings is 4. The highest BCUT2D eigenvalue weighted by atomic mass is 32.2. The van der Waals surface area contributed by atoms with Crippen LogP contribution in [0.1, 0.15) is 79.6 Å². The molecule has 1 fully saturated rings. The van der Waals surface area contributed by atoms with Gasteiger partial charge in [-0.3, -0.25) is 9.59 Å². The molecule has 3 N–H and O–H groups in total. The van der Waals surface area contributed by atoms with Gasteiger partial charge in [0.05, 0.1) is 29.0 Å². The number of aromatic nitrogens is 1. The lowest BCUT2D eigenvalue weighted by Crippen LogP contribution is -2.31. The molecule has 1 saturated heterocycles. The molecule has 260 valence electrons. The molecule has 1 aromatic heterocycles. The van der Waals surface area contributed by atoms with E-state index in [1.54, 1.807) is 23.1 Å². The third-order valence-electron chi connectivity index (χ3n) is 8.74. The van der Waals surface area contributed by atoms with Gasteiger partial charge in [-0.05, 0) is 64.9 Å². The van der Waals surface area contributed by atoms with Crippen molar-refractivity contribution in [2.75, 3.05) is 5.75 Å². The summed E-state index contributed by atoms with van der Waals surface area (Å²) >= 11 is 3.41. The van der Waals surface area contributed by atoms with Gasteiger partial charge in [0, 0.05) is 37.1 Å². The van der Waals surface area contributed by atoms with Crippen molar-refractivity contribution in [1.82, 2.24) is 10.3 Å². The van der Waals surface area contributed by atoms with Gasteiger partial charge in [-0.2, -0.15) is 0 Å². The Morgan fingerprint density at radius 3 is 2.36 bits per heavy atom. The average molecular weight is 711 g/mol. The molecule has 0 aliphatic carbocycles. The van der Waals surface area contributed by atoms with Crippen LogP contribution in [0.25, 0.3) is 21.3 Å². The number of ether oxygens (including phenoxy) is 2. The summed E-state index contributed by atoms with van der Waals surface area (Å²) in [6.45, 7) is 0.432. The van der Waals surface area contributed by atoms with Crippen molar-refractivity contribution in [2.45, 2.75) is 80.9 Å². The van der Waals surface area contributed by atoms with Crippen LogP contribution in [0.15, 0.2) is 101 Å². The van der Waals surface area contributed by atoms with Gasteiger partial charge in [-0.1, -0.05) is 97.4 Å². The van der Waals surface area contributed by atoms with Crippen LogP contribution in [-0.2, 0) is 32.2 Å². The minimum absolute atomic E-state index is 0.00126. The largest absolute Gasteiger partial charge is 0.481 e. The first kappa shape index (κ1) is 35.8. The second kappa shape index (κ2) is 17.7. The molecule has 3 atom stereocenters. The van der Waals surface area contributed by atoms with Gasteiger partial charge < -0.3 is 25.0 Å². The Hall–Kier alpha value is -4.06. The third kappa shape index (κ3) is 10.0. The first-order valence-corrected chi connectivity index (χ1v) is 18.9. The molecule has 1 amide bonds. The van der Waals surface area contributed by atoms with E-state index in [-0.39, 0.29) is 31.1 Å². The van der Waals surface area contributed by atoms with Crippen molar-refractivity contribution in [1.29, 1.82) is 0 Å². The zero-order valence-corrected chi connectivity index (χ0v) is 29.5. The molecule has 3 unspecified atom stereocenters. The summed E-state index contributed by atoms with van der Waals surface area (Å²) in [5.74, 6) is -0.0373. The highest BCUT2D eigenvalue weighted by Crippen LogP contribution is 2.41. The standard InChI is InChI=1S/C40H42N2O6S2/c43-25-27-17-19-29(20-18-27)35-23-33(26-49-40-42-34-13-5-6-14-36(34)50-40)47-39(48-35)32-12-8-11-31(22-32)30-10-7-9-28(21-30)24-41-37(44)15-3-1-2-4-16-38(45)46/h5-14,17-22,33,35,39,43H,1-4,15-16,23-26H2,(H,41,44)(H,45,46). The van der Waals surface area contributed by atoms with Crippen molar-refractivity contribution in [3.05, 3.63) is 119 Å². The maximum atomic E-state index is 12.4. The second-order valence-corrected chi connectivity index (χ2v) is 14.8. The number of fused-ring (bicyclic) bond motifs is 1. The van der Waals surface area contributed by atoms with Crippen LogP contribution in [0.5, 0.6) is 0 Å². The van der Waals surface area contributed by atoms with E-state index in [2.05, 4.69) is 35.6 Å². The van der Waals surface area contributed by atoms with Crippen molar-refractivity contribution in [3.8, 4) is 11.1 Å². The van der Waals surface area contributed by atoms with E-state index in [1.807, 2.05) is 66.7 Å². The Morgan fingerprint density at radius 2 is 1.58 bits per heavy atom. The van der Waals surface area contributed by atoms with E-state index in [0.717, 1.165) is 68.3 Å². The molecule has 1 aliphatic heterocycles. The van der Waals surface area contributed by atoms with Gasteiger partial charge in [0.2, 0.25) is 5.91 Å². The van der Waals surface area contributed by atoms with Gasteiger partial charge in [0.25, 0.3) is 0 Å². The molecule has 0 bridgehead atoms. The summed E-state index contributed by atoms with van der Waals surface area (Å²) in [5.41, 5.74) is 6.92. The molecule has 0 saturated carbocycles. The van der Waals surface area contributed by atoms with Crippen LogP contribution < -0.4 is 5.32 Å². The predicted octanol–water partition coefficient (Wildman–Crippen LogP) is 8.83. The molecule has 10 heteroatoms. The number of carboxylic acid groups (broad SMARTS) is 1. The maximum Gasteiger partial charge on any atom is 0.303 e. The Labute approximate surface area is 300 Å². The summed E-state index contributed by atoms with van der Waals surface area (Å²) in [6.07, 6.45) is 3.55. The predicted molar refractivity (Wildman–Crippen MR) is 198 cm³/mol. The smallest absolute Gasteiger partial charge is 0.303 e. The number of aliphatic hydroxyl groups excluding tert-OH is 1. The zero-order chi connectivity index (χ0) is 34.7. The molecular weight excluding hydrogens is 669 g/mol. The molecule has 4 aromatic carbocycles. The first-order valence-electron chi connectivity index (χ1n) is 17.1. The number of thiazole rings is 1. The minimum Gasteiger partial charge on any atom is -0.481 e. The van der Waals surface area contributed by atoms with Crippen molar-refractivity contribution in [2.24, 2.45) is 0 Å². The van der Waals surface area contributed by atoms with Crippen LogP contribution in [0.2, 0.25) is 0 Å². The van der Waals surface area contributed by atoms with Gasteiger partial charge in [0.1, 0.15) is 0 Å². The van der Waals surface area contributed by atoms with Gasteiger partial charge in [-0.25, -0.2) is 4.98 Å². The molecular formula is C40H42N2O6S2. The fourth-order valence-corrected chi connectivity index (χ4v) is 8.14. The van der Waals surface area contributed by atoms with Crippen molar-refractivity contribution < 1.29 is 29.3 Å².